The number of fused-ring (bicyclic) bond motifs is 2. The average Bonchev–Trinajstić information content (AvgIpc) is 2.71. The van der Waals surface area contributed by atoms with E-state index in [1.54, 1.807) is 0 Å². The van der Waals surface area contributed by atoms with Gasteiger partial charge in [-0.1, -0.05) is 0 Å². The Labute approximate surface area is 171 Å². The molecule has 2 aromatic carbocycles. The van der Waals surface area contributed by atoms with Crippen molar-refractivity contribution in [1.29, 1.82) is 0 Å². The van der Waals surface area contributed by atoms with Crippen molar-refractivity contribution in [1.82, 2.24) is 0 Å². The second-order valence-electron chi connectivity index (χ2n) is 6.81. The van der Waals surface area contributed by atoms with Gasteiger partial charge in [-0.05, 0) is 0 Å². The third-order valence-electron chi connectivity index (χ3n) is 4.94. The van der Waals surface area contributed by atoms with Gasteiger partial charge in [-0.2, -0.15) is 0 Å². The average molecular weight is 542 g/mol. The van der Waals surface area contributed by atoms with Crippen LogP contribution in [0.3, 0.4) is 0 Å². The van der Waals surface area contributed by atoms with Gasteiger partial charge in [0.05, 0.1) is 0 Å². The summed E-state index contributed by atoms with van der Waals surface area (Å²) in [5.41, 5.74) is 1.45. The summed E-state index contributed by atoms with van der Waals surface area (Å²) in [5, 5.41) is 0. The van der Waals surface area contributed by atoms with Crippen molar-refractivity contribution in [2.45, 2.75) is 28.9 Å². The third-order valence-corrected chi connectivity index (χ3v) is 15.1. The summed E-state index contributed by atoms with van der Waals surface area (Å²) in [5.74, 6) is 0.486. The number of alkyl halides is 3. The summed E-state index contributed by atoms with van der Waals surface area (Å²) in [6.45, 7) is 0.704. The van der Waals surface area contributed by atoms with Gasteiger partial charge in [0.2, 0.25) is 0 Å². The Morgan fingerprint density at radius 3 is 1.76 bits per heavy atom. The van der Waals surface area contributed by atoms with Crippen LogP contribution in [0.5, 0.6) is 11.5 Å². The molecular formula is C19H18F3IO5S-2. The van der Waals surface area contributed by atoms with E-state index in [-0.39, 0.29) is 11.5 Å². The van der Waals surface area contributed by atoms with Gasteiger partial charge in [0, 0.05) is 0 Å². The van der Waals surface area contributed by atoms with Crippen LogP contribution in [-0.4, -0.2) is 29.4 Å². The maximum atomic E-state index is 16.4. The Hall–Kier alpha value is -1.53. The molecule has 29 heavy (non-hydrogen) atoms. The number of benzene rings is 2. The predicted octanol–water partition coefficient (Wildman–Crippen LogP) is 0.516. The normalized spacial score (nSPS) is 17.5. The molecule has 0 amide bonds. The zero-order valence-corrected chi connectivity index (χ0v) is 18.1. The van der Waals surface area contributed by atoms with Crippen LogP contribution in [0.25, 0.3) is 0 Å². The molecule has 0 aliphatic carbocycles. The first-order chi connectivity index (χ1) is 13.6. The third kappa shape index (κ3) is 3.38. The van der Waals surface area contributed by atoms with Crippen LogP contribution in [0.2, 0.25) is 0 Å². The first kappa shape index (κ1) is 20.7. The minimum atomic E-state index is -6.46. The molecular weight excluding hydrogens is 524 g/mol. The van der Waals surface area contributed by atoms with Crippen molar-refractivity contribution < 1.29 is 53.1 Å². The summed E-state index contributed by atoms with van der Waals surface area (Å²) in [7, 11) is -6.26. The summed E-state index contributed by atoms with van der Waals surface area (Å²) < 4.78 is 85.5. The molecule has 0 N–H and O–H groups in total. The minimum absolute atomic E-state index is 0.243. The summed E-state index contributed by atoms with van der Waals surface area (Å²) in [6.07, 6.45) is 2.76. The molecule has 0 fully saturated rings. The molecule has 2 aliphatic heterocycles. The molecule has 0 spiro atoms. The molecule has 2 heterocycles. The Balaban J connectivity index is 1.94. The van der Waals surface area contributed by atoms with Gasteiger partial charge in [-0.15, -0.1) is 0 Å². The molecule has 0 aromatic heterocycles. The van der Waals surface area contributed by atoms with Crippen LogP contribution in [0, 0.1) is 7.14 Å². The van der Waals surface area contributed by atoms with Crippen LogP contribution in [0.15, 0.2) is 36.4 Å². The van der Waals surface area contributed by atoms with Gasteiger partial charge in [-0.3, -0.25) is 0 Å². The van der Waals surface area contributed by atoms with E-state index in [1.165, 1.54) is 12.1 Å². The van der Waals surface area contributed by atoms with Gasteiger partial charge < -0.3 is 0 Å². The van der Waals surface area contributed by atoms with Crippen LogP contribution >= 0.6 is 0 Å². The molecule has 10 heteroatoms. The van der Waals surface area contributed by atoms with E-state index in [4.69, 9.17) is 9.47 Å². The number of aryl methyl sites for hydroxylation is 2. The molecule has 2 aromatic rings. The first-order valence-corrected chi connectivity index (χ1v) is 14.4. The van der Waals surface area contributed by atoms with Crippen molar-refractivity contribution >= 4 is 10.1 Å². The van der Waals surface area contributed by atoms with Crippen LogP contribution in [-0.2, 0) is 23.0 Å². The zero-order valence-electron chi connectivity index (χ0n) is 15.2. The van der Waals surface area contributed by atoms with Gasteiger partial charge >= 0.3 is 172 Å². The van der Waals surface area contributed by atoms with E-state index < -0.39 is 39.5 Å². The summed E-state index contributed by atoms with van der Waals surface area (Å²) >= 11 is -6.46. The van der Waals surface area contributed by atoms with Crippen molar-refractivity contribution in [3.05, 3.63) is 54.7 Å². The van der Waals surface area contributed by atoms with E-state index in [2.05, 4.69) is 0 Å². The Morgan fingerprint density at radius 2 is 1.34 bits per heavy atom. The second kappa shape index (κ2) is 7.31. The molecule has 2 aliphatic rings. The fourth-order valence-electron chi connectivity index (χ4n) is 3.46. The molecule has 0 saturated carbocycles. The fraction of sp³-hybridized carbons (Fsp3) is 0.368. The van der Waals surface area contributed by atoms with Crippen molar-refractivity contribution in [3.8, 4) is 11.5 Å². The number of hydrogen-bond donors (Lipinski definition) is 0. The molecule has 0 bridgehead atoms. The van der Waals surface area contributed by atoms with Crippen molar-refractivity contribution in [3.63, 3.8) is 0 Å². The van der Waals surface area contributed by atoms with Crippen molar-refractivity contribution in [2.75, 3.05) is 13.2 Å². The fourth-order valence-corrected chi connectivity index (χ4v) is 12.1. The molecule has 160 valence electrons. The van der Waals surface area contributed by atoms with Crippen LogP contribution in [0.4, 0.5) is 11.6 Å². The van der Waals surface area contributed by atoms with Gasteiger partial charge in [-0.25, -0.2) is 0 Å². The van der Waals surface area contributed by atoms with Gasteiger partial charge in [0.15, 0.2) is 0 Å². The summed E-state index contributed by atoms with van der Waals surface area (Å²) in [6, 6.07) is 7.50. The van der Waals surface area contributed by atoms with E-state index >= 15 is 2.86 Å². The molecule has 0 unspecified atom stereocenters. The maximum absolute atomic E-state index is 16.4. The van der Waals surface area contributed by atoms with Crippen molar-refractivity contribution in [2.24, 2.45) is 0 Å². The Bertz CT molecular complexity index is 998. The first-order valence-electron chi connectivity index (χ1n) is 8.96. The van der Waals surface area contributed by atoms with E-state index in [1.807, 2.05) is 0 Å². The van der Waals surface area contributed by atoms with E-state index in [9.17, 15) is 21.8 Å². The topological polar surface area (TPSA) is 75.7 Å². The van der Waals surface area contributed by atoms with Crippen LogP contribution < -0.4 is 28.5 Å². The predicted molar refractivity (Wildman–Crippen MR) is 93.7 cm³/mol. The van der Waals surface area contributed by atoms with Gasteiger partial charge in [0.1, 0.15) is 0 Å². The standard InChI is InChI=1S/C19H19F3IO5S/c20-19(21,29(24,25)26)23(22,15-7-5-13-3-1-9-27-17(13)11-15)16-8-6-14-4-2-10-28-18(14)12-16/h5-8,11-12H,1-4,9-10H2,(H,24,25,26)/q-1/p-1. The Kier molecular flexibility index (Phi) is 5.23. The Morgan fingerprint density at radius 1 is 0.897 bits per heavy atom. The number of hydrogen-bond acceptors (Lipinski definition) is 5. The summed E-state index contributed by atoms with van der Waals surface area (Å²) in [4.78, 5) is 0. The number of rotatable bonds is 4. The second-order valence-corrected chi connectivity index (χ2v) is 15.6. The monoisotopic (exact) mass is 542 g/mol. The number of ether oxygens (including phenoxy) is 2. The zero-order chi connectivity index (χ0) is 20.9. The van der Waals surface area contributed by atoms with E-state index in [0.29, 0.717) is 26.1 Å². The van der Waals surface area contributed by atoms with Gasteiger partial charge in [0.25, 0.3) is 0 Å². The SMILES string of the molecule is O=S(=O)([O-])C(F)(F)[I-](F)(c1ccc2c(c1)OCCC2)c1ccc2c(c1)OCCC2. The molecule has 4 rings (SSSR count). The quantitative estimate of drug-likeness (QED) is 0.320. The van der Waals surface area contributed by atoms with E-state index in [0.717, 1.165) is 48.2 Å². The van der Waals surface area contributed by atoms with Crippen LogP contribution in [0.1, 0.15) is 24.0 Å². The number of halogens is 4. The molecule has 5 nitrogen and oxygen atoms in total. The molecule has 0 saturated heterocycles. The molecule has 0 radical (unpaired) electrons. The molecule has 0 atom stereocenters.